The molecular weight excluding hydrogens is 383 g/mol. The normalized spacial score (nSPS) is 10.9. The molecule has 0 aliphatic rings. The van der Waals surface area contributed by atoms with Gasteiger partial charge >= 0.3 is 0 Å². The molecule has 1 amide bonds. The number of hydrogen-bond donors (Lipinski definition) is 1. The number of halogens is 2. The number of carbonyl (C=O) groups is 1. The second-order valence-corrected chi connectivity index (χ2v) is 8.16. The van der Waals surface area contributed by atoms with E-state index in [2.05, 4.69) is 10.3 Å². The number of rotatable bonds is 6. The average molecular weight is 397 g/mol. The Hall–Kier alpha value is -1.27. The molecule has 1 aromatic heterocycles. The molecule has 24 heavy (non-hydrogen) atoms. The molecule has 0 unspecified atom stereocenters. The first-order chi connectivity index (χ1) is 11.6. The molecule has 0 spiro atoms. The number of aromatic nitrogens is 1. The van der Waals surface area contributed by atoms with Crippen molar-refractivity contribution in [2.24, 2.45) is 0 Å². The van der Waals surface area contributed by atoms with Crippen molar-refractivity contribution >= 4 is 67.6 Å². The van der Waals surface area contributed by atoms with Crippen molar-refractivity contribution in [3.8, 4) is 0 Å². The molecule has 0 atom stereocenters. The Labute approximate surface area is 158 Å². The monoisotopic (exact) mass is 396 g/mol. The molecule has 0 fully saturated rings. The Bertz CT molecular complexity index is 849. The minimum Gasteiger partial charge on any atom is -0.302 e. The van der Waals surface area contributed by atoms with Crippen LogP contribution in [0.25, 0.3) is 10.2 Å². The summed E-state index contributed by atoms with van der Waals surface area (Å²) in [4.78, 5) is 17.6. The van der Waals surface area contributed by atoms with Gasteiger partial charge in [0.25, 0.3) is 0 Å². The van der Waals surface area contributed by atoms with Gasteiger partial charge in [0.05, 0.1) is 10.2 Å². The largest absolute Gasteiger partial charge is 0.302 e. The van der Waals surface area contributed by atoms with Crippen LogP contribution in [0.15, 0.2) is 47.4 Å². The van der Waals surface area contributed by atoms with Crippen LogP contribution in [0, 0.1) is 0 Å². The lowest BCUT2D eigenvalue weighted by Crippen LogP contribution is -2.11. The summed E-state index contributed by atoms with van der Waals surface area (Å²) < 4.78 is 0.969. The number of nitrogens with zero attached hydrogens (tertiary/aromatic N) is 1. The van der Waals surface area contributed by atoms with Gasteiger partial charge in [0, 0.05) is 21.4 Å². The summed E-state index contributed by atoms with van der Waals surface area (Å²) in [5.74, 6) is 0.863. The first-order valence-electron chi connectivity index (χ1n) is 7.34. The molecule has 0 saturated heterocycles. The highest BCUT2D eigenvalue weighted by atomic mass is 35.5. The first-order valence-corrected chi connectivity index (χ1v) is 9.90. The third-order valence-corrected chi connectivity index (χ3v) is 5.75. The van der Waals surface area contributed by atoms with Crippen LogP contribution in [-0.2, 0) is 4.79 Å². The third kappa shape index (κ3) is 4.86. The van der Waals surface area contributed by atoms with E-state index in [0.717, 1.165) is 32.3 Å². The van der Waals surface area contributed by atoms with E-state index in [9.17, 15) is 4.79 Å². The van der Waals surface area contributed by atoms with Gasteiger partial charge in [-0.15, -0.1) is 11.8 Å². The third-order valence-electron chi connectivity index (χ3n) is 3.23. The molecular formula is C17H14Cl2N2OS2. The second-order valence-electron chi connectivity index (χ2n) is 5.09. The highest BCUT2D eigenvalue weighted by Crippen LogP contribution is 2.28. The van der Waals surface area contributed by atoms with Crippen LogP contribution < -0.4 is 5.32 Å². The van der Waals surface area contributed by atoms with Gasteiger partial charge in [0.15, 0.2) is 5.13 Å². The SMILES string of the molecule is O=C(CCCSc1ccc(Cl)cc1)Nc1nc2ccc(Cl)cc2s1. The van der Waals surface area contributed by atoms with Crippen LogP contribution in [-0.4, -0.2) is 16.6 Å². The number of amides is 1. The van der Waals surface area contributed by atoms with Gasteiger partial charge in [-0.1, -0.05) is 34.5 Å². The van der Waals surface area contributed by atoms with E-state index < -0.39 is 0 Å². The number of thioether (sulfide) groups is 1. The fourth-order valence-corrected chi connectivity index (χ4v) is 4.22. The quantitative estimate of drug-likeness (QED) is 0.403. The van der Waals surface area contributed by atoms with Crippen LogP contribution in [0.1, 0.15) is 12.8 Å². The maximum atomic E-state index is 12.0. The summed E-state index contributed by atoms with van der Waals surface area (Å²) in [5.41, 5.74) is 0.845. The molecule has 0 bridgehead atoms. The van der Waals surface area contributed by atoms with E-state index in [1.807, 2.05) is 36.4 Å². The lowest BCUT2D eigenvalue weighted by Gasteiger charge is -2.02. The number of anilines is 1. The maximum absolute atomic E-state index is 12.0. The van der Waals surface area contributed by atoms with E-state index in [4.69, 9.17) is 23.2 Å². The molecule has 0 radical (unpaired) electrons. The van der Waals surface area contributed by atoms with Crippen LogP contribution >= 0.6 is 46.3 Å². The lowest BCUT2D eigenvalue weighted by molar-refractivity contribution is -0.116. The molecule has 124 valence electrons. The number of nitrogens with one attached hydrogen (secondary N) is 1. The fraction of sp³-hybridized carbons (Fsp3) is 0.176. The fourth-order valence-electron chi connectivity index (χ4n) is 2.09. The average Bonchev–Trinajstić information content (AvgIpc) is 2.94. The summed E-state index contributed by atoms with van der Waals surface area (Å²) in [5, 5.41) is 4.87. The summed E-state index contributed by atoms with van der Waals surface area (Å²) in [6.45, 7) is 0. The maximum Gasteiger partial charge on any atom is 0.226 e. The van der Waals surface area contributed by atoms with Crippen molar-refractivity contribution in [3.63, 3.8) is 0 Å². The van der Waals surface area contributed by atoms with Gasteiger partial charge in [-0.3, -0.25) is 4.79 Å². The first kappa shape index (κ1) is 17.5. The van der Waals surface area contributed by atoms with Crippen LogP contribution in [0.2, 0.25) is 10.0 Å². The zero-order chi connectivity index (χ0) is 16.9. The Morgan fingerprint density at radius 2 is 1.88 bits per heavy atom. The van der Waals surface area contributed by atoms with E-state index >= 15 is 0 Å². The molecule has 3 nitrogen and oxygen atoms in total. The zero-order valence-corrected chi connectivity index (χ0v) is 15.7. The predicted molar refractivity (Wildman–Crippen MR) is 105 cm³/mol. The molecule has 1 heterocycles. The molecule has 3 rings (SSSR count). The minimum atomic E-state index is -0.0168. The molecule has 3 aromatic rings. The van der Waals surface area contributed by atoms with Crippen molar-refractivity contribution in [2.45, 2.75) is 17.7 Å². The summed E-state index contributed by atoms with van der Waals surface area (Å²) in [6, 6.07) is 13.2. The molecule has 0 saturated carbocycles. The van der Waals surface area contributed by atoms with Crippen LogP contribution in [0.3, 0.4) is 0 Å². The van der Waals surface area contributed by atoms with E-state index in [1.54, 1.807) is 17.8 Å². The number of benzene rings is 2. The Morgan fingerprint density at radius 3 is 2.67 bits per heavy atom. The van der Waals surface area contributed by atoms with E-state index in [0.29, 0.717) is 16.6 Å². The molecule has 0 aliphatic heterocycles. The van der Waals surface area contributed by atoms with Gasteiger partial charge in [0.1, 0.15) is 0 Å². The van der Waals surface area contributed by atoms with Crippen LogP contribution in [0.5, 0.6) is 0 Å². The van der Waals surface area contributed by atoms with Crippen molar-refractivity contribution in [1.82, 2.24) is 4.98 Å². The molecule has 0 aliphatic carbocycles. The van der Waals surface area contributed by atoms with Crippen molar-refractivity contribution < 1.29 is 4.79 Å². The highest BCUT2D eigenvalue weighted by Gasteiger charge is 2.08. The zero-order valence-electron chi connectivity index (χ0n) is 12.6. The molecule has 2 aromatic carbocycles. The lowest BCUT2D eigenvalue weighted by atomic mass is 10.3. The number of carbonyl (C=O) groups excluding carboxylic acids is 1. The Kier molecular flexibility index (Phi) is 6.00. The highest BCUT2D eigenvalue weighted by molar-refractivity contribution is 7.99. The molecule has 7 heteroatoms. The van der Waals surface area contributed by atoms with Gasteiger partial charge < -0.3 is 5.32 Å². The second kappa shape index (κ2) is 8.21. The standard InChI is InChI=1S/C17H14Cl2N2OS2/c18-11-3-6-13(7-4-11)23-9-1-2-16(22)21-17-20-14-8-5-12(19)10-15(14)24-17/h3-8,10H,1-2,9H2,(H,20,21,22). The minimum absolute atomic E-state index is 0.0168. The number of thiazole rings is 1. The Balaban J connectivity index is 1.45. The van der Waals surface area contributed by atoms with Crippen molar-refractivity contribution in [1.29, 1.82) is 0 Å². The van der Waals surface area contributed by atoms with E-state index in [1.165, 1.54) is 11.3 Å². The summed E-state index contributed by atoms with van der Waals surface area (Å²) in [6.07, 6.45) is 1.27. The topological polar surface area (TPSA) is 42.0 Å². The molecule has 1 N–H and O–H groups in total. The van der Waals surface area contributed by atoms with Gasteiger partial charge in [-0.05, 0) is 54.6 Å². The van der Waals surface area contributed by atoms with Crippen molar-refractivity contribution in [3.05, 3.63) is 52.5 Å². The number of hydrogen-bond acceptors (Lipinski definition) is 4. The summed E-state index contributed by atoms with van der Waals surface area (Å²) >= 11 is 15.0. The predicted octanol–water partition coefficient (Wildman–Crippen LogP) is 6.11. The van der Waals surface area contributed by atoms with Gasteiger partial charge in [-0.2, -0.15) is 0 Å². The summed E-state index contributed by atoms with van der Waals surface area (Å²) in [7, 11) is 0. The van der Waals surface area contributed by atoms with Crippen molar-refractivity contribution in [2.75, 3.05) is 11.1 Å². The van der Waals surface area contributed by atoms with Crippen LogP contribution in [0.4, 0.5) is 5.13 Å². The Morgan fingerprint density at radius 1 is 1.12 bits per heavy atom. The van der Waals surface area contributed by atoms with Gasteiger partial charge in [-0.25, -0.2) is 4.98 Å². The van der Waals surface area contributed by atoms with E-state index in [-0.39, 0.29) is 5.91 Å². The van der Waals surface area contributed by atoms with Gasteiger partial charge in [0.2, 0.25) is 5.91 Å². The smallest absolute Gasteiger partial charge is 0.226 e. The number of fused-ring (bicyclic) bond motifs is 1.